The van der Waals surface area contributed by atoms with Crippen LogP contribution in [0.1, 0.15) is 88.9 Å². The van der Waals surface area contributed by atoms with E-state index in [1.807, 2.05) is 18.2 Å². The van der Waals surface area contributed by atoms with Gasteiger partial charge in [0.15, 0.2) is 0 Å². The molecule has 4 N–H and O–H groups in total. The molecule has 1 aromatic carbocycles. The van der Waals surface area contributed by atoms with Crippen LogP contribution in [0.3, 0.4) is 0 Å². The van der Waals surface area contributed by atoms with Crippen molar-refractivity contribution in [1.82, 2.24) is 10.6 Å². The lowest BCUT2D eigenvalue weighted by atomic mass is 9.43. The fourth-order valence-electron chi connectivity index (χ4n) is 9.88. The summed E-state index contributed by atoms with van der Waals surface area (Å²) in [6, 6.07) is 9.59. The first kappa shape index (κ1) is 35.4. The molecule has 1 amide bonds. The molecule has 0 radical (unpaired) electrons. The Balaban J connectivity index is 0.000000479. The standard InChI is InChI=1S/C27H48N2O5S2.C7H6O/c1-16(13-23(31)29-11-12-36(32,33)34)25(35)21-6-5-19-24-20(8-10-27(19,21)3)26(2)9-7-18(30)14-17(26)15-22(24)28-4;8-6-7-4-2-1-3-5-7/h16-22,24-25,28,30,35H,5-15H2,1-4H3,(H,29,31)(H,32,33,34);1-6H/t16?,17?,18-,19+,20?,21?,22?,24?,25-,26?,27?;/m1./s1. The highest BCUT2D eigenvalue weighted by Crippen LogP contribution is 2.68. The summed E-state index contributed by atoms with van der Waals surface area (Å²) in [5.41, 5.74) is 1.26. The van der Waals surface area contributed by atoms with E-state index in [0.717, 1.165) is 44.0 Å². The van der Waals surface area contributed by atoms with Gasteiger partial charge in [-0.1, -0.05) is 51.1 Å². The summed E-state index contributed by atoms with van der Waals surface area (Å²) < 4.78 is 30.7. The van der Waals surface area contributed by atoms with Gasteiger partial charge in [0, 0.05) is 29.8 Å². The van der Waals surface area contributed by atoms with Crippen molar-refractivity contribution in [2.24, 2.45) is 46.3 Å². The molecule has 0 heterocycles. The van der Waals surface area contributed by atoms with E-state index < -0.39 is 15.9 Å². The summed E-state index contributed by atoms with van der Waals surface area (Å²) in [5.74, 6) is 2.46. The minimum Gasteiger partial charge on any atom is -0.393 e. The molecule has 10 heteroatoms. The summed E-state index contributed by atoms with van der Waals surface area (Å²) in [4.78, 5) is 22.4. The number of fused-ring (bicyclic) bond motifs is 5. The SMILES string of the molecule is CNC1CC2C[C@H](O)CCC2(C)C2CCC3(C)C([C@H](S)C(C)CC(=O)NCCS(=O)(=O)O)CC[C@H]3C12.O=Cc1ccccc1. The van der Waals surface area contributed by atoms with E-state index in [4.69, 9.17) is 17.2 Å². The Labute approximate surface area is 270 Å². The highest BCUT2D eigenvalue weighted by atomic mass is 32.2. The topological polar surface area (TPSA) is 133 Å². The molecule has 44 heavy (non-hydrogen) atoms. The van der Waals surface area contributed by atoms with Crippen molar-refractivity contribution < 1.29 is 27.7 Å². The summed E-state index contributed by atoms with van der Waals surface area (Å²) >= 11 is 5.11. The maximum absolute atomic E-state index is 12.4. The predicted molar refractivity (Wildman–Crippen MR) is 177 cm³/mol. The zero-order chi connectivity index (χ0) is 32.3. The van der Waals surface area contributed by atoms with Gasteiger partial charge in [0.25, 0.3) is 10.1 Å². The maximum atomic E-state index is 12.4. The Morgan fingerprint density at radius 1 is 1.07 bits per heavy atom. The minimum atomic E-state index is -4.08. The van der Waals surface area contributed by atoms with E-state index in [1.165, 1.54) is 19.3 Å². The first-order valence-corrected chi connectivity index (χ1v) is 18.6. The third-order valence-electron chi connectivity index (χ3n) is 12.3. The number of carbonyl (C=O) groups is 2. The van der Waals surface area contributed by atoms with Crippen molar-refractivity contribution in [2.75, 3.05) is 19.3 Å². The first-order valence-electron chi connectivity index (χ1n) is 16.5. The number of aldehydes is 1. The van der Waals surface area contributed by atoms with E-state index in [1.54, 1.807) is 12.1 Å². The Bertz CT molecular complexity index is 1230. The summed E-state index contributed by atoms with van der Waals surface area (Å²) in [6.07, 6.45) is 9.99. The van der Waals surface area contributed by atoms with Gasteiger partial charge in [-0.3, -0.25) is 14.1 Å². The molecule has 8 nitrogen and oxygen atoms in total. The molecule has 0 aromatic heterocycles. The van der Waals surface area contributed by atoms with Gasteiger partial charge in [-0.05, 0) is 105 Å². The number of aliphatic hydroxyl groups excluding tert-OH is 1. The zero-order valence-corrected chi connectivity index (χ0v) is 28.5. The van der Waals surface area contributed by atoms with Crippen LogP contribution in [0.4, 0.5) is 0 Å². The zero-order valence-electron chi connectivity index (χ0n) is 26.8. The van der Waals surface area contributed by atoms with E-state index in [-0.39, 0.29) is 35.1 Å². The molecule has 0 spiro atoms. The number of aliphatic hydroxyl groups is 1. The molecule has 4 aliphatic carbocycles. The van der Waals surface area contributed by atoms with Gasteiger partial charge in [0.05, 0.1) is 11.9 Å². The van der Waals surface area contributed by atoms with Crippen LogP contribution in [-0.4, -0.2) is 67.0 Å². The average Bonchev–Trinajstić information content (AvgIpc) is 3.33. The normalized spacial score (nSPS) is 37.7. The average molecular weight is 651 g/mol. The fraction of sp³-hybridized carbons (Fsp3) is 0.765. The van der Waals surface area contributed by atoms with Gasteiger partial charge in [-0.25, -0.2) is 0 Å². The molecule has 4 saturated carbocycles. The van der Waals surface area contributed by atoms with Crippen molar-refractivity contribution in [1.29, 1.82) is 0 Å². The molecule has 0 saturated heterocycles. The summed E-state index contributed by atoms with van der Waals surface area (Å²) in [7, 11) is -1.96. The van der Waals surface area contributed by atoms with Crippen LogP contribution in [0.2, 0.25) is 0 Å². The van der Waals surface area contributed by atoms with Crippen molar-refractivity contribution >= 4 is 34.9 Å². The number of rotatable bonds is 9. The second-order valence-corrected chi connectivity index (χ2v) is 16.8. The molecular weight excluding hydrogens is 597 g/mol. The van der Waals surface area contributed by atoms with Gasteiger partial charge in [-0.2, -0.15) is 21.0 Å². The Morgan fingerprint density at radius 3 is 2.34 bits per heavy atom. The second-order valence-electron chi connectivity index (χ2n) is 14.6. The number of thiol groups is 1. The molecule has 4 aliphatic rings. The monoisotopic (exact) mass is 650 g/mol. The van der Waals surface area contributed by atoms with Gasteiger partial charge >= 0.3 is 0 Å². The Morgan fingerprint density at radius 2 is 1.73 bits per heavy atom. The van der Waals surface area contributed by atoms with E-state index in [0.29, 0.717) is 47.5 Å². The number of benzene rings is 1. The highest BCUT2D eigenvalue weighted by Gasteiger charge is 2.63. The molecule has 248 valence electrons. The van der Waals surface area contributed by atoms with Crippen molar-refractivity contribution in [3.05, 3.63) is 35.9 Å². The fourth-order valence-corrected chi connectivity index (χ4v) is 10.8. The van der Waals surface area contributed by atoms with Crippen LogP contribution < -0.4 is 10.6 Å². The highest BCUT2D eigenvalue weighted by molar-refractivity contribution is 7.85. The van der Waals surface area contributed by atoms with Gasteiger partial charge in [0.2, 0.25) is 5.91 Å². The third-order valence-corrected chi connectivity index (χ3v) is 13.8. The summed E-state index contributed by atoms with van der Waals surface area (Å²) in [5, 5.41) is 16.8. The van der Waals surface area contributed by atoms with Gasteiger partial charge < -0.3 is 15.7 Å². The number of amides is 1. The molecule has 11 atom stereocenters. The van der Waals surface area contributed by atoms with Crippen LogP contribution in [0.5, 0.6) is 0 Å². The Kier molecular flexibility index (Phi) is 11.7. The van der Waals surface area contributed by atoms with Gasteiger partial charge in [-0.15, -0.1) is 0 Å². The van der Waals surface area contributed by atoms with Crippen molar-refractivity contribution in [3.8, 4) is 0 Å². The molecular formula is C34H54N2O6S2. The maximum Gasteiger partial charge on any atom is 0.266 e. The number of carbonyl (C=O) groups excluding carboxylic acids is 2. The Hall–Kier alpha value is -1.46. The van der Waals surface area contributed by atoms with Crippen LogP contribution in [-0.2, 0) is 14.9 Å². The smallest absolute Gasteiger partial charge is 0.266 e. The summed E-state index contributed by atoms with van der Waals surface area (Å²) in [6.45, 7) is 7.01. The lowest BCUT2D eigenvalue weighted by molar-refractivity contribution is -0.139. The van der Waals surface area contributed by atoms with E-state index in [2.05, 4.69) is 38.5 Å². The molecule has 1 aromatic rings. The molecule has 0 bridgehead atoms. The van der Waals surface area contributed by atoms with Crippen molar-refractivity contribution in [2.45, 2.75) is 96.0 Å². The second kappa shape index (κ2) is 14.5. The van der Waals surface area contributed by atoms with E-state index in [9.17, 15) is 23.1 Å². The molecule has 0 aliphatic heterocycles. The number of hydrogen-bond donors (Lipinski definition) is 5. The van der Waals surface area contributed by atoms with Crippen LogP contribution >= 0.6 is 12.6 Å². The number of nitrogens with one attached hydrogen (secondary N) is 2. The van der Waals surface area contributed by atoms with E-state index >= 15 is 0 Å². The predicted octanol–water partition coefficient (Wildman–Crippen LogP) is 5.03. The molecule has 5 rings (SSSR count). The lowest BCUT2D eigenvalue weighted by Crippen LogP contribution is -2.61. The third kappa shape index (κ3) is 7.73. The molecule has 4 fully saturated rings. The molecule has 8 unspecified atom stereocenters. The minimum absolute atomic E-state index is 0.0733. The lowest BCUT2D eigenvalue weighted by Gasteiger charge is -2.63. The number of hydrogen-bond acceptors (Lipinski definition) is 7. The van der Waals surface area contributed by atoms with Crippen LogP contribution in [0.15, 0.2) is 30.3 Å². The largest absolute Gasteiger partial charge is 0.393 e. The quantitative estimate of drug-likeness (QED) is 0.144. The van der Waals surface area contributed by atoms with Gasteiger partial charge in [0.1, 0.15) is 6.29 Å². The van der Waals surface area contributed by atoms with Crippen molar-refractivity contribution in [3.63, 3.8) is 0 Å². The first-order chi connectivity index (χ1) is 20.7. The van der Waals surface area contributed by atoms with Crippen LogP contribution in [0, 0.1) is 46.3 Å². The van der Waals surface area contributed by atoms with Crippen LogP contribution in [0.25, 0.3) is 0 Å².